The van der Waals surface area contributed by atoms with Gasteiger partial charge in [0.1, 0.15) is 12.1 Å². The summed E-state index contributed by atoms with van der Waals surface area (Å²) in [5, 5.41) is 14.8. The van der Waals surface area contributed by atoms with Gasteiger partial charge >= 0.3 is 0 Å². The normalized spacial score (nSPS) is 11.3. The summed E-state index contributed by atoms with van der Waals surface area (Å²) in [6.07, 6.45) is 0. The molecule has 5 rings (SSSR count). The Bertz CT molecular complexity index is 1510. The lowest BCUT2D eigenvalue weighted by molar-refractivity contribution is -0.384. The summed E-state index contributed by atoms with van der Waals surface area (Å²) in [7, 11) is 0. The number of benzene rings is 3. The van der Waals surface area contributed by atoms with Crippen molar-refractivity contribution in [2.45, 2.75) is 13.5 Å². The Morgan fingerprint density at radius 1 is 1.03 bits per heavy atom. The highest BCUT2D eigenvalue weighted by Gasteiger charge is 2.17. The summed E-state index contributed by atoms with van der Waals surface area (Å²) in [4.78, 5) is 33.0. The molecule has 0 saturated carbocycles. The van der Waals surface area contributed by atoms with E-state index in [0.29, 0.717) is 11.3 Å². The molecule has 1 amide bonds. The Labute approximate surface area is 176 Å². The number of aryl methyl sites for hydroxylation is 1. The number of nitrogens with zero attached hydrogens (tertiary/aromatic N) is 4. The molecule has 0 aliphatic rings. The van der Waals surface area contributed by atoms with E-state index in [4.69, 9.17) is 9.97 Å². The van der Waals surface area contributed by atoms with E-state index in [0.717, 1.165) is 33.0 Å². The summed E-state index contributed by atoms with van der Waals surface area (Å²) in [6.45, 7) is 1.79. The van der Waals surface area contributed by atoms with E-state index in [1.165, 1.54) is 12.1 Å². The molecule has 152 valence electrons. The van der Waals surface area contributed by atoms with Gasteiger partial charge in [0.25, 0.3) is 5.69 Å². The van der Waals surface area contributed by atoms with Crippen LogP contribution in [0.2, 0.25) is 0 Å². The Hall–Kier alpha value is -4.33. The Morgan fingerprint density at radius 2 is 1.74 bits per heavy atom. The van der Waals surface area contributed by atoms with Crippen LogP contribution < -0.4 is 5.32 Å². The number of amides is 1. The molecule has 0 fully saturated rings. The average molecular weight is 411 g/mol. The highest BCUT2D eigenvalue weighted by Crippen LogP contribution is 2.28. The molecule has 2 aromatic heterocycles. The molecule has 0 spiro atoms. The van der Waals surface area contributed by atoms with E-state index in [1.54, 1.807) is 13.0 Å². The fourth-order valence-corrected chi connectivity index (χ4v) is 3.73. The number of fused-ring (bicyclic) bond motifs is 4. The van der Waals surface area contributed by atoms with Crippen LogP contribution in [0.15, 0.2) is 66.7 Å². The molecule has 5 aromatic rings. The molecule has 0 atom stereocenters. The summed E-state index contributed by atoms with van der Waals surface area (Å²) in [5.41, 5.74) is 4.81. The van der Waals surface area contributed by atoms with Crippen molar-refractivity contribution in [2.24, 2.45) is 0 Å². The zero-order chi connectivity index (χ0) is 21.5. The van der Waals surface area contributed by atoms with Crippen molar-refractivity contribution in [1.29, 1.82) is 0 Å². The van der Waals surface area contributed by atoms with Crippen LogP contribution in [0.25, 0.3) is 33.1 Å². The number of carbonyl (C=O) groups excluding carboxylic acids is 1. The minimum atomic E-state index is -0.483. The molecule has 31 heavy (non-hydrogen) atoms. The summed E-state index contributed by atoms with van der Waals surface area (Å²) >= 11 is 0. The molecule has 8 heteroatoms. The fourth-order valence-electron chi connectivity index (χ4n) is 3.73. The van der Waals surface area contributed by atoms with Crippen molar-refractivity contribution in [3.63, 3.8) is 0 Å². The fraction of sp³-hybridized carbons (Fsp3) is 0.0870. The molecule has 2 heterocycles. The van der Waals surface area contributed by atoms with Crippen LogP contribution in [0.3, 0.4) is 0 Å². The monoisotopic (exact) mass is 411 g/mol. The number of nitro groups is 1. The number of carbonyl (C=O) groups is 1. The van der Waals surface area contributed by atoms with E-state index in [1.807, 2.05) is 53.1 Å². The number of nitrogens with one attached hydrogen (secondary N) is 1. The van der Waals surface area contributed by atoms with Crippen LogP contribution in [-0.4, -0.2) is 25.4 Å². The molecule has 0 saturated heterocycles. The van der Waals surface area contributed by atoms with Gasteiger partial charge in [-0.1, -0.05) is 36.4 Å². The van der Waals surface area contributed by atoms with E-state index in [-0.39, 0.29) is 18.1 Å². The molecule has 0 aliphatic carbocycles. The third-order valence-electron chi connectivity index (χ3n) is 5.27. The molecule has 1 N–H and O–H groups in total. The summed E-state index contributed by atoms with van der Waals surface area (Å²) in [5.74, 6) is -0.304. The molecule has 3 aromatic carbocycles. The maximum atomic E-state index is 12.9. The highest BCUT2D eigenvalue weighted by molar-refractivity contribution is 6.07. The molecular formula is C23H17N5O3. The smallest absolute Gasteiger partial charge is 0.271 e. The largest absolute Gasteiger partial charge is 0.324 e. The second-order valence-corrected chi connectivity index (χ2v) is 7.29. The number of anilines is 1. The molecule has 8 nitrogen and oxygen atoms in total. The zero-order valence-corrected chi connectivity index (χ0v) is 16.6. The second-order valence-electron chi connectivity index (χ2n) is 7.29. The standard InChI is InChI=1S/C23H17N5O3/c1-14-10-11-15(28(30)31)12-19(14)24-21(29)13-27-20-9-5-2-6-16(20)22-23(27)26-18-8-4-3-7-17(18)25-22/h2-12H,13H2,1H3,(H,24,29). The number of non-ortho nitro benzene ring substituents is 1. The third kappa shape index (κ3) is 3.24. The SMILES string of the molecule is Cc1ccc([N+](=O)[O-])cc1NC(=O)Cn1c2ccccc2c2nc3ccccc3nc21. The predicted octanol–water partition coefficient (Wildman–Crippen LogP) is 4.59. The first-order chi connectivity index (χ1) is 15.0. The maximum Gasteiger partial charge on any atom is 0.271 e. The number of nitro benzene ring substituents is 1. The van der Waals surface area contributed by atoms with Crippen molar-refractivity contribution in [2.75, 3.05) is 5.32 Å². The molecule has 0 aliphatic heterocycles. The van der Waals surface area contributed by atoms with Gasteiger partial charge < -0.3 is 9.88 Å². The zero-order valence-electron chi connectivity index (χ0n) is 16.6. The highest BCUT2D eigenvalue weighted by atomic mass is 16.6. The van der Waals surface area contributed by atoms with E-state index in [9.17, 15) is 14.9 Å². The first kappa shape index (κ1) is 18.7. The number of para-hydroxylation sites is 3. The van der Waals surface area contributed by atoms with E-state index < -0.39 is 4.92 Å². The quantitative estimate of drug-likeness (QED) is 0.344. The molecule has 0 bridgehead atoms. The molecule has 0 radical (unpaired) electrons. The third-order valence-corrected chi connectivity index (χ3v) is 5.27. The van der Waals surface area contributed by atoms with Gasteiger partial charge in [-0.2, -0.15) is 0 Å². The van der Waals surface area contributed by atoms with Gasteiger partial charge in [0.05, 0.1) is 27.2 Å². The number of aromatic nitrogens is 3. The van der Waals surface area contributed by atoms with Crippen LogP contribution in [-0.2, 0) is 11.3 Å². The number of hydrogen-bond donors (Lipinski definition) is 1. The van der Waals surface area contributed by atoms with Gasteiger partial charge in [0, 0.05) is 17.5 Å². The van der Waals surface area contributed by atoms with Crippen molar-refractivity contribution in [3.8, 4) is 0 Å². The van der Waals surface area contributed by atoms with Crippen LogP contribution in [0.5, 0.6) is 0 Å². The molecular weight excluding hydrogens is 394 g/mol. The van der Waals surface area contributed by atoms with Gasteiger partial charge in [-0.3, -0.25) is 14.9 Å². The minimum Gasteiger partial charge on any atom is -0.324 e. The average Bonchev–Trinajstić information content (AvgIpc) is 3.06. The van der Waals surface area contributed by atoms with Gasteiger partial charge in [-0.25, -0.2) is 9.97 Å². The van der Waals surface area contributed by atoms with Crippen molar-refractivity contribution in [3.05, 3.63) is 82.4 Å². The van der Waals surface area contributed by atoms with Crippen molar-refractivity contribution >= 4 is 50.4 Å². The lowest BCUT2D eigenvalue weighted by atomic mass is 10.2. The van der Waals surface area contributed by atoms with Crippen LogP contribution in [0, 0.1) is 17.0 Å². The van der Waals surface area contributed by atoms with Crippen molar-refractivity contribution in [1.82, 2.24) is 14.5 Å². The van der Waals surface area contributed by atoms with Gasteiger partial charge in [0.2, 0.25) is 5.91 Å². The first-order valence-corrected chi connectivity index (χ1v) is 9.70. The maximum absolute atomic E-state index is 12.9. The van der Waals surface area contributed by atoms with Gasteiger partial charge in [0.15, 0.2) is 5.65 Å². The Kier molecular flexibility index (Phi) is 4.32. The summed E-state index contributed by atoms with van der Waals surface area (Å²) < 4.78 is 1.83. The Balaban J connectivity index is 1.58. The first-order valence-electron chi connectivity index (χ1n) is 9.70. The van der Waals surface area contributed by atoms with E-state index in [2.05, 4.69) is 5.32 Å². The number of rotatable bonds is 4. The lowest BCUT2D eigenvalue weighted by Crippen LogP contribution is -2.19. The van der Waals surface area contributed by atoms with Gasteiger partial charge in [-0.15, -0.1) is 0 Å². The predicted molar refractivity (Wildman–Crippen MR) is 119 cm³/mol. The van der Waals surface area contributed by atoms with Crippen molar-refractivity contribution < 1.29 is 9.72 Å². The number of hydrogen-bond acceptors (Lipinski definition) is 5. The van der Waals surface area contributed by atoms with Crippen LogP contribution in [0.4, 0.5) is 11.4 Å². The van der Waals surface area contributed by atoms with Gasteiger partial charge in [-0.05, 0) is 30.7 Å². The minimum absolute atomic E-state index is 0.000828. The van der Waals surface area contributed by atoms with Crippen LogP contribution in [0.1, 0.15) is 5.56 Å². The van der Waals surface area contributed by atoms with Crippen LogP contribution >= 0.6 is 0 Å². The lowest BCUT2D eigenvalue weighted by Gasteiger charge is -2.10. The Morgan fingerprint density at radius 3 is 2.52 bits per heavy atom. The second kappa shape index (κ2) is 7.17. The molecule has 0 unspecified atom stereocenters. The van der Waals surface area contributed by atoms with E-state index >= 15 is 0 Å². The summed E-state index contributed by atoms with van der Waals surface area (Å²) in [6, 6.07) is 19.7. The topological polar surface area (TPSA) is 103 Å².